The van der Waals surface area contributed by atoms with Gasteiger partial charge in [-0.15, -0.1) is 0 Å². The first kappa shape index (κ1) is 14.9. The Balaban J connectivity index is 2.07. The topological polar surface area (TPSA) is 29.5 Å². The molecule has 0 radical (unpaired) electrons. The van der Waals surface area contributed by atoms with Crippen LogP contribution in [0.1, 0.15) is 50.4 Å². The van der Waals surface area contributed by atoms with E-state index in [1.165, 1.54) is 6.42 Å². The summed E-state index contributed by atoms with van der Waals surface area (Å²) in [5, 5.41) is 0. The molecule has 1 aromatic rings. The number of rotatable bonds is 4. The smallest absolute Gasteiger partial charge is 0.254 e. The highest BCUT2D eigenvalue weighted by Crippen LogP contribution is 2.21. The molecule has 1 amide bonds. The maximum atomic E-state index is 12.6. The summed E-state index contributed by atoms with van der Waals surface area (Å²) < 4.78 is 5.70. The first-order valence-electron chi connectivity index (χ1n) is 7.61. The van der Waals surface area contributed by atoms with Crippen LogP contribution in [0, 0.1) is 5.92 Å². The van der Waals surface area contributed by atoms with Gasteiger partial charge in [0.2, 0.25) is 0 Å². The largest absolute Gasteiger partial charge is 0.493 e. The number of carbonyl (C=O) groups excluding carboxylic acids is 1. The summed E-state index contributed by atoms with van der Waals surface area (Å²) in [4.78, 5) is 14.6. The van der Waals surface area contributed by atoms with Crippen LogP contribution in [0.3, 0.4) is 0 Å². The average molecular weight is 275 g/mol. The summed E-state index contributed by atoms with van der Waals surface area (Å²) in [6.45, 7) is 7.92. The van der Waals surface area contributed by atoms with Crippen molar-refractivity contribution in [3.05, 3.63) is 29.8 Å². The number of carbonyl (C=O) groups is 1. The van der Waals surface area contributed by atoms with Gasteiger partial charge in [-0.2, -0.15) is 0 Å². The van der Waals surface area contributed by atoms with Gasteiger partial charge >= 0.3 is 0 Å². The molecule has 0 saturated carbocycles. The van der Waals surface area contributed by atoms with Crippen molar-refractivity contribution in [3.63, 3.8) is 0 Å². The van der Waals surface area contributed by atoms with Gasteiger partial charge < -0.3 is 9.64 Å². The Morgan fingerprint density at radius 2 is 2.20 bits per heavy atom. The minimum absolute atomic E-state index is 0.132. The lowest BCUT2D eigenvalue weighted by Crippen LogP contribution is -2.42. The molecule has 1 aliphatic heterocycles. The van der Waals surface area contributed by atoms with Gasteiger partial charge in [0.15, 0.2) is 0 Å². The van der Waals surface area contributed by atoms with Gasteiger partial charge in [-0.3, -0.25) is 4.79 Å². The number of likely N-dealkylation sites (tertiary alicyclic amines) is 1. The third-order valence-corrected chi connectivity index (χ3v) is 3.73. The molecule has 0 aliphatic carbocycles. The highest BCUT2D eigenvalue weighted by molar-refractivity contribution is 5.94. The highest BCUT2D eigenvalue weighted by Gasteiger charge is 2.24. The first-order chi connectivity index (χ1) is 9.58. The van der Waals surface area contributed by atoms with Crippen LogP contribution in [0.15, 0.2) is 24.3 Å². The zero-order valence-corrected chi connectivity index (χ0v) is 12.8. The van der Waals surface area contributed by atoms with Crippen molar-refractivity contribution in [2.45, 2.75) is 46.1 Å². The Bertz CT molecular complexity index is 456. The van der Waals surface area contributed by atoms with E-state index in [0.29, 0.717) is 18.6 Å². The Hall–Kier alpha value is -1.51. The van der Waals surface area contributed by atoms with Crippen molar-refractivity contribution in [2.75, 3.05) is 13.2 Å². The molecule has 20 heavy (non-hydrogen) atoms. The Morgan fingerprint density at radius 3 is 2.90 bits per heavy atom. The van der Waals surface area contributed by atoms with E-state index < -0.39 is 0 Å². The van der Waals surface area contributed by atoms with E-state index >= 15 is 0 Å². The van der Waals surface area contributed by atoms with Crippen LogP contribution < -0.4 is 4.74 Å². The van der Waals surface area contributed by atoms with Gasteiger partial charge in [-0.05, 0) is 50.3 Å². The molecule has 1 atom stereocenters. The number of benzene rings is 1. The second-order valence-electron chi connectivity index (χ2n) is 6.08. The minimum Gasteiger partial charge on any atom is -0.493 e. The van der Waals surface area contributed by atoms with Gasteiger partial charge in [-0.25, -0.2) is 0 Å². The third-order valence-electron chi connectivity index (χ3n) is 3.73. The zero-order chi connectivity index (χ0) is 14.5. The van der Waals surface area contributed by atoms with Crippen molar-refractivity contribution < 1.29 is 9.53 Å². The zero-order valence-electron chi connectivity index (χ0n) is 12.8. The molecule has 1 unspecified atom stereocenters. The first-order valence-corrected chi connectivity index (χ1v) is 7.61. The number of ether oxygens (including phenoxy) is 1. The highest BCUT2D eigenvalue weighted by atomic mass is 16.5. The van der Waals surface area contributed by atoms with Crippen molar-refractivity contribution in [2.24, 2.45) is 5.92 Å². The van der Waals surface area contributed by atoms with Gasteiger partial charge in [0.05, 0.1) is 6.61 Å². The lowest BCUT2D eigenvalue weighted by Gasteiger charge is -2.33. The maximum absolute atomic E-state index is 12.6. The molecule has 0 spiro atoms. The average Bonchev–Trinajstić information content (AvgIpc) is 2.45. The second kappa shape index (κ2) is 6.78. The molecular formula is C17H25NO2. The Morgan fingerprint density at radius 1 is 1.40 bits per heavy atom. The maximum Gasteiger partial charge on any atom is 0.254 e. The Labute approximate surface area is 121 Å². The fourth-order valence-corrected chi connectivity index (χ4v) is 2.55. The molecular weight excluding hydrogens is 250 g/mol. The standard InChI is InChI=1S/C17H25NO2/c1-13(2)12-20-16-9-6-8-15(11-16)17(19)18-10-5-4-7-14(18)3/h6,8-9,11,13-14H,4-5,7,10,12H2,1-3H3. The molecule has 1 saturated heterocycles. The van der Waals surface area contributed by atoms with E-state index in [-0.39, 0.29) is 5.91 Å². The van der Waals surface area contributed by atoms with Gasteiger partial charge in [-0.1, -0.05) is 19.9 Å². The van der Waals surface area contributed by atoms with Crippen molar-refractivity contribution >= 4 is 5.91 Å². The van der Waals surface area contributed by atoms with Crippen molar-refractivity contribution in [1.82, 2.24) is 4.90 Å². The van der Waals surface area contributed by atoms with E-state index in [0.717, 1.165) is 30.7 Å². The molecule has 110 valence electrons. The predicted octanol–water partition coefficient (Wildman–Crippen LogP) is 3.74. The molecule has 1 aliphatic rings. The SMILES string of the molecule is CC(C)COc1cccc(C(=O)N2CCCCC2C)c1. The van der Waals surface area contributed by atoms with E-state index in [9.17, 15) is 4.79 Å². The molecule has 2 rings (SSSR count). The molecule has 3 nitrogen and oxygen atoms in total. The van der Waals surface area contributed by atoms with Crippen LogP contribution in [-0.4, -0.2) is 30.0 Å². The number of hydrogen-bond donors (Lipinski definition) is 0. The molecule has 1 heterocycles. The van der Waals surface area contributed by atoms with Crippen LogP contribution >= 0.6 is 0 Å². The lowest BCUT2D eigenvalue weighted by atomic mass is 10.0. The van der Waals surface area contributed by atoms with E-state index in [2.05, 4.69) is 20.8 Å². The molecule has 1 fully saturated rings. The summed E-state index contributed by atoms with van der Waals surface area (Å²) >= 11 is 0. The summed E-state index contributed by atoms with van der Waals surface area (Å²) in [6, 6.07) is 7.91. The van der Waals surface area contributed by atoms with Crippen molar-refractivity contribution in [1.29, 1.82) is 0 Å². The third kappa shape index (κ3) is 3.75. The van der Waals surface area contributed by atoms with E-state index in [1.807, 2.05) is 29.2 Å². The Kier molecular flexibility index (Phi) is 5.05. The van der Waals surface area contributed by atoms with E-state index in [4.69, 9.17) is 4.74 Å². The van der Waals surface area contributed by atoms with Crippen molar-refractivity contribution in [3.8, 4) is 5.75 Å². The number of amides is 1. The minimum atomic E-state index is 0.132. The van der Waals surface area contributed by atoms with Gasteiger partial charge in [0.25, 0.3) is 5.91 Å². The van der Waals surface area contributed by atoms with Gasteiger partial charge in [0.1, 0.15) is 5.75 Å². The molecule has 0 bridgehead atoms. The molecule has 0 N–H and O–H groups in total. The van der Waals surface area contributed by atoms with Crippen LogP contribution in [0.5, 0.6) is 5.75 Å². The fourth-order valence-electron chi connectivity index (χ4n) is 2.55. The van der Waals surface area contributed by atoms with Gasteiger partial charge in [0, 0.05) is 18.2 Å². The summed E-state index contributed by atoms with van der Waals surface area (Å²) in [5.41, 5.74) is 0.736. The molecule has 3 heteroatoms. The number of piperidine rings is 1. The summed E-state index contributed by atoms with van der Waals surface area (Å²) in [7, 11) is 0. The quantitative estimate of drug-likeness (QED) is 0.838. The van der Waals surface area contributed by atoms with E-state index in [1.54, 1.807) is 0 Å². The summed E-state index contributed by atoms with van der Waals surface area (Å²) in [5.74, 6) is 1.40. The molecule has 0 aromatic heterocycles. The summed E-state index contributed by atoms with van der Waals surface area (Å²) in [6.07, 6.45) is 3.44. The van der Waals surface area contributed by atoms with Crippen LogP contribution in [-0.2, 0) is 0 Å². The second-order valence-corrected chi connectivity index (χ2v) is 6.08. The fraction of sp³-hybridized carbons (Fsp3) is 0.588. The normalized spacial score (nSPS) is 19.2. The lowest BCUT2D eigenvalue weighted by molar-refractivity contribution is 0.0635. The van der Waals surface area contributed by atoms with Crippen LogP contribution in [0.2, 0.25) is 0 Å². The van der Waals surface area contributed by atoms with Crippen LogP contribution in [0.4, 0.5) is 0 Å². The number of hydrogen-bond acceptors (Lipinski definition) is 2. The van der Waals surface area contributed by atoms with Crippen LogP contribution in [0.25, 0.3) is 0 Å². The monoisotopic (exact) mass is 275 g/mol. The number of nitrogens with zero attached hydrogens (tertiary/aromatic N) is 1. The predicted molar refractivity (Wildman–Crippen MR) is 81.1 cm³/mol. The molecule has 1 aromatic carbocycles.